The normalized spacial score (nSPS) is 11.5. The highest BCUT2D eigenvalue weighted by Crippen LogP contribution is 2.13. The number of hydrogen-bond donors (Lipinski definition) is 0. The molecule has 0 spiro atoms. The number of rotatable bonds is 2. The molecule has 0 amide bonds. The van der Waals surface area contributed by atoms with E-state index in [-0.39, 0.29) is 0 Å². The smallest absolute Gasteiger partial charge is 0.118 e. The van der Waals surface area contributed by atoms with Crippen molar-refractivity contribution in [3.63, 3.8) is 0 Å². The van der Waals surface area contributed by atoms with Crippen LogP contribution in [0.25, 0.3) is 0 Å². The maximum atomic E-state index is 5.23. The summed E-state index contributed by atoms with van der Waals surface area (Å²) < 4.78 is 5.23. The number of ether oxygens (including phenoxy) is 1. The van der Waals surface area contributed by atoms with E-state index in [0.717, 1.165) is 5.75 Å². The van der Waals surface area contributed by atoms with Crippen LogP contribution in [0.2, 0.25) is 19.6 Å². The Morgan fingerprint density at radius 2 is 1.77 bits per heavy atom. The van der Waals surface area contributed by atoms with Crippen LogP contribution in [0.5, 0.6) is 5.75 Å². The zero-order valence-electron chi connectivity index (χ0n) is 9.14. The third kappa shape index (κ3) is 2.34. The summed E-state index contributed by atoms with van der Waals surface area (Å²) in [5, 5.41) is 1.49. The van der Waals surface area contributed by atoms with E-state index in [2.05, 4.69) is 38.7 Å². The fraction of sp³-hybridized carbons (Fsp3) is 0.455. The van der Waals surface area contributed by atoms with Crippen molar-refractivity contribution in [1.29, 1.82) is 0 Å². The van der Waals surface area contributed by atoms with E-state index in [1.165, 1.54) is 10.8 Å². The summed E-state index contributed by atoms with van der Waals surface area (Å²) in [4.78, 5) is 0. The second kappa shape index (κ2) is 3.54. The molecule has 0 unspecified atom stereocenters. The van der Waals surface area contributed by atoms with Gasteiger partial charge in [0.2, 0.25) is 0 Å². The van der Waals surface area contributed by atoms with Crippen molar-refractivity contribution in [2.45, 2.75) is 26.6 Å². The van der Waals surface area contributed by atoms with Crippen LogP contribution < -0.4 is 9.92 Å². The Morgan fingerprint density at radius 1 is 1.15 bits per heavy atom. The molecule has 72 valence electrons. The van der Waals surface area contributed by atoms with Crippen molar-refractivity contribution in [3.05, 3.63) is 23.8 Å². The number of hydrogen-bond acceptors (Lipinski definition) is 1. The van der Waals surface area contributed by atoms with Gasteiger partial charge in [-0.1, -0.05) is 36.5 Å². The molecule has 1 nitrogen and oxygen atoms in total. The van der Waals surface area contributed by atoms with Crippen molar-refractivity contribution in [3.8, 4) is 5.75 Å². The largest absolute Gasteiger partial charge is 0.497 e. The van der Waals surface area contributed by atoms with Crippen LogP contribution in [0.4, 0.5) is 0 Å². The van der Waals surface area contributed by atoms with E-state index in [4.69, 9.17) is 4.74 Å². The van der Waals surface area contributed by atoms with Crippen LogP contribution in [-0.4, -0.2) is 15.2 Å². The fourth-order valence-electron chi connectivity index (χ4n) is 1.54. The van der Waals surface area contributed by atoms with Gasteiger partial charge in [0.25, 0.3) is 0 Å². The highest BCUT2D eigenvalue weighted by atomic mass is 28.3. The van der Waals surface area contributed by atoms with Crippen molar-refractivity contribution in [2.24, 2.45) is 0 Å². The predicted octanol–water partition coefficient (Wildman–Crippen LogP) is 2.55. The molecule has 0 aromatic heterocycles. The summed E-state index contributed by atoms with van der Waals surface area (Å²) in [6, 6.07) is 6.35. The molecule has 13 heavy (non-hydrogen) atoms. The van der Waals surface area contributed by atoms with Gasteiger partial charge < -0.3 is 4.74 Å². The summed E-state index contributed by atoms with van der Waals surface area (Å²) in [5.74, 6) is 0.975. The molecule has 0 N–H and O–H groups in total. The van der Waals surface area contributed by atoms with Gasteiger partial charge in [0.05, 0.1) is 15.2 Å². The molecular formula is C11H18OSi. The Hall–Kier alpha value is -0.763. The second-order valence-corrected chi connectivity index (χ2v) is 9.47. The summed E-state index contributed by atoms with van der Waals surface area (Å²) in [5.41, 5.74) is 1.39. The summed E-state index contributed by atoms with van der Waals surface area (Å²) in [6.07, 6.45) is 0. The molecule has 0 aliphatic heterocycles. The zero-order valence-corrected chi connectivity index (χ0v) is 10.1. The molecule has 0 radical (unpaired) electrons. The monoisotopic (exact) mass is 194 g/mol. The average Bonchev–Trinajstić information content (AvgIpc) is 2.03. The van der Waals surface area contributed by atoms with Gasteiger partial charge in [-0.15, -0.1) is 0 Å². The summed E-state index contributed by atoms with van der Waals surface area (Å²) in [7, 11) is 0.515. The molecule has 0 bridgehead atoms. The lowest BCUT2D eigenvalue weighted by Gasteiger charge is -2.20. The van der Waals surface area contributed by atoms with Crippen molar-refractivity contribution < 1.29 is 4.74 Å². The Morgan fingerprint density at radius 3 is 2.23 bits per heavy atom. The van der Waals surface area contributed by atoms with Gasteiger partial charge in [0, 0.05) is 0 Å². The Balaban J connectivity index is 3.19. The molecule has 0 atom stereocenters. The highest BCUT2D eigenvalue weighted by Gasteiger charge is 2.18. The first-order valence-electron chi connectivity index (χ1n) is 4.60. The maximum absolute atomic E-state index is 5.23. The lowest BCUT2D eigenvalue weighted by Crippen LogP contribution is -2.39. The first-order valence-corrected chi connectivity index (χ1v) is 8.10. The van der Waals surface area contributed by atoms with E-state index >= 15 is 0 Å². The molecule has 1 aromatic rings. The summed E-state index contributed by atoms with van der Waals surface area (Å²) in [6.45, 7) is 9.24. The predicted molar refractivity (Wildman–Crippen MR) is 60.7 cm³/mol. The van der Waals surface area contributed by atoms with Crippen LogP contribution in [0.1, 0.15) is 5.56 Å². The number of aryl methyl sites for hydroxylation is 1. The van der Waals surface area contributed by atoms with Crippen LogP contribution >= 0.6 is 0 Å². The van der Waals surface area contributed by atoms with E-state index in [9.17, 15) is 0 Å². The first-order chi connectivity index (χ1) is 5.95. The minimum atomic E-state index is -1.21. The average molecular weight is 194 g/mol. The molecular weight excluding hydrogens is 176 g/mol. The molecule has 1 aromatic carbocycles. The quantitative estimate of drug-likeness (QED) is 0.657. The van der Waals surface area contributed by atoms with Gasteiger partial charge in [-0.2, -0.15) is 0 Å². The van der Waals surface area contributed by atoms with Gasteiger partial charge in [-0.25, -0.2) is 0 Å². The van der Waals surface area contributed by atoms with Crippen LogP contribution in [0.15, 0.2) is 18.2 Å². The molecule has 0 fully saturated rings. The van der Waals surface area contributed by atoms with Gasteiger partial charge >= 0.3 is 0 Å². The van der Waals surface area contributed by atoms with E-state index in [1.807, 2.05) is 6.07 Å². The Bertz CT molecular complexity index is 299. The van der Waals surface area contributed by atoms with Gasteiger partial charge in [-0.3, -0.25) is 0 Å². The molecule has 0 aliphatic rings. The van der Waals surface area contributed by atoms with Crippen molar-refractivity contribution in [1.82, 2.24) is 0 Å². The highest BCUT2D eigenvalue weighted by molar-refractivity contribution is 6.89. The van der Waals surface area contributed by atoms with E-state index < -0.39 is 8.07 Å². The van der Waals surface area contributed by atoms with Crippen molar-refractivity contribution >= 4 is 13.3 Å². The molecule has 0 heterocycles. The molecule has 0 aliphatic carbocycles. The number of methoxy groups -OCH3 is 1. The minimum absolute atomic E-state index is 0.975. The van der Waals surface area contributed by atoms with Crippen LogP contribution in [0, 0.1) is 6.92 Å². The zero-order chi connectivity index (χ0) is 10.1. The standard InChI is InChI=1S/C11H18OSi/c1-9-6-7-10(12-2)8-11(9)13(3,4)5/h6-8H,1-5H3. The molecule has 0 saturated carbocycles. The van der Waals surface area contributed by atoms with Gasteiger partial charge in [0.15, 0.2) is 0 Å². The maximum Gasteiger partial charge on any atom is 0.118 e. The molecule has 2 heteroatoms. The fourth-order valence-corrected chi connectivity index (χ4v) is 3.38. The van der Waals surface area contributed by atoms with Crippen LogP contribution in [0.3, 0.4) is 0 Å². The third-order valence-corrected chi connectivity index (χ3v) is 4.41. The topological polar surface area (TPSA) is 9.23 Å². The Kier molecular flexibility index (Phi) is 2.81. The molecule has 0 saturated heterocycles. The second-order valence-electron chi connectivity index (χ2n) is 4.43. The lowest BCUT2D eigenvalue weighted by atomic mass is 10.2. The van der Waals surface area contributed by atoms with E-state index in [1.54, 1.807) is 7.11 Å². The van der Waals surface area contributed by atoms with Gasteiger partial charge in [0.1, 0.15) is 5.75 Å². The SMILES string of the molecule is COc1ccc(C)c([Si](C)(C)C)c1. The summed E-state index contributed by atoms with van der Waals surface area (Å²) >= 11 is 0. The third-order valence-electron chi connectivity index (χ3n) is 2.25. The van der Waals surface area contributed by atoms with E-state index in [0.29, 0.717) is 0 Å². The minimum Gasteiger partial charge on any atom is -0.497 e. The number of benzene rings is 1. The van der Waals surface area contributed by atoms with Gasteiger partial charge in [-0.05, 0) is 19.1 Å². The lowest BCUT2D eigenvalue weighted by molar-refractivity contribution is 0.415. The van der Waals surface area contributed by atoms with Crippen molar-refractivity contribution in [2.75, 3.05) is 7.11 Å². The molecule has 1 rings (SSSR count). The Labute approximate surface area is 81.8 Å². The first kappa shape index (κ1) is 10.3. The van der Waals surface area contributed by atoms with Crippen LogP contribution in [-0.2, 0) is 0 Å².